The minimum absolute atomic E-state index is 0.141. The Kier molecular flexibility index (Phi) is 2.88. The molecule has 1 aliphatic carbocycles. The molecule has 2 aliphatic rings. The number of rotatable bonds is 3. The van der Waals surface area contributed by atoms with Crippen LogP contribution in [0, 0.1) is 0 Å². The Morgan fingerprint density at radius 2 is 2.16 bits per heavy atom. The molecule has 3 atom stereocenters. The first kappa shape index (κ1) is 12.3. The molecule has 1 fully saturated rings. The van der Waals surface area contributed by atoms with Crippen molar-refractivity contribution < 1.29 is 9.18 Å². The number of amides is 1. The summed E-state index contributed by atoms with van der Waals surface area (Å²) in [7, 11) is 0. The van der Waals surface area contributed by atoms with Gasteiger partial charge in [-0.15, -0.1) is 0 Å². The molecule has 0 radical (unpaired) electrons. The molecule has 0 saturated heterocycles. The Morgan fingerprint density at radius 1 is 1.42 bits per heavy atom. The van der Waals surface area contributed by atoms with E-state index >= 15 is 0 Å². The van der Waals surface area contributed by atoms with Crippen molar-refractivity contribution >= 4 is 11.6 Å². The highest BCUT2D eigenvalue weighted by molar-refractivity contribution is 5.91. The molecule has 1 heterocycles. The highest BCUT2D eigenvalue weighted by atomic mass is 19.1. The van der Waals surface area contributed by atoms with Crippen molar-refractivity contribution in [3.8, 4) is 0 Å². The van der Waals surface area contributed by atoms with Gasteiger partial charge in [0.15, 0.2) is 5.67 Å². The number of hydrogen-bond acceptors (Lipinski definition) is 2. The third-order valence-electron chi connectivity index (χ3n) is 3.92. The van der Waals surface area contributed by atoms with Crippen LogP contribution in [-0.4, -0.2) is 23.7 Å². The lowest BCUT2D eigenvalue weighted by molar-refractivity contribution is -0.122. The summed E-state index contributed by atoms with van der Waals surface area (Å²) in [5, 5.41) is 2.78. The molecule has 100 valence electrons. The van der Waals surface area contributed by atoms with Gasteiger partial charge in [-0.1, -0.05) is 30.3 Å². The second kappa shape index (κ2) is 4.44. The molecule has 3 nitrogen and oxygen atoms in total. The van der Waals surface area contributed by atoms with Gasteiger partial charge in [-0.05, 0) is 25.3 Å². The first-order valence-electron chi connectivity index (χ1n) is 6.68. The van der Waals surface area contributed by atoms with Crippen LogP contribution in [0.15, 0.2) is 35.3 Å². The highest BCUT2D eigenvalue weighted by Crippen LogP contribution is 2.49. The number of alkyl halides is 1. The molecule has 19 heavy (non-hydrogen) atoms. The van der Waals surface area contributed by atoms with E-state index in [-0.39, 0.29) is 11.9 Å². The van der Waals surface area contributed by atoms with Gasteiger partial charge in [0.2, 0.25) is 5.91 Å². The number of hydrogen-bond donors (Lipinski definition) is 1. The van der Waals surface area contributed by atoms with Crippen LogP contribution in [0.2, 0.25) is 0 Å². The van der Waals surface area contributed by atoms with Crippen LogP contribution in [-0.2, 0) is 10.5 Å². The van der Waals surface area contributed by atoms with Gasteiger partial charge in [0.25, 0.3) is 0 Å². The lowest BCUT2D eigenvalue weighted by atomic mass is 10.1. The van der Waals surface area contributed by atoms with Crippen LogP contribution in [0.5, 0.6) is 0 Å². The van der Waals surface area contributed by atoms with Gasteiger partial charge in [-0.25, -0.2) is 4.39 Å². The summed E-state index contributed by atoms with van der Waals surface area (Å²) in [6.45, 7) is 1.92. The van der Waals surface area contributed by atoms with Crippen LogP contribution in [0.4, 0.5) is 4.39 Å². The summed E-state index contributed by atoms with van der Waals surface area (Å²) in [5.74, 6) is -0.141. The van der Waals surface area contributed by atoms with Gasteiger partial charge in [0.05, 0.1) is 6.04 Å². The van der Waals surface area contributed by atoms with E-state index in [1.807, 2.05) is 25.1 Å². The molecule has 3 rings (SSSR count). The Bertz CT molecular complexity index is 528. The number of halogens is 1. The summed E-state index contributed by atoms with van der Waals surface area (Å²) >= 11 is 0. The van der Waals surface area contributed by atoms with Crippen molar-refractivity contribution in [3.05, 3.63) is 35.9 Å². The number of aliphatic imine (C=N–C) groups is 1. The van der Waals surface area contributed by atoms with Crippen molar-refractivity contribution in [3.63, 3.8) is 0 Å². The zero-order valence-electron chi connectivity index (χ0n) is 10.9. The Labute approximate surface area is 111 Å². The molecular weight excluding hydrogens is 243 g/mol. The molecule has 0 spiro atoms. The zero-order chi connectivity index (χ0) is 13.5. The number of carbonyl (C=O) groups is 1. The lowest BCUT2D eigenvalue weighted by Gasteiger charge is -2.11. The number of carbonyl (C=O) groups excluding carboxylic acids is 1. The van der Waals surface area contributed by atoms with Crippen LogP contribution < -0.4 is 5.32 Å². The van der Waals surface area contributed by atoms with E-state index in [0.29, 0.717) is 12.0 Å². The summed E-state index contributed by atoms with van der Waals surface area (Å²) in [6.07, 6.45) is 1.97. The van der Waals surface area contributed by atoms with Crippen molar-refractivity contribution in [2.75, 3.05) is 0 Å². The number of nitrogens with zero attached hydrogens (tertiary/aromatic N) is 1. The molecule has 1 aliphatic heterocycles. The van der Waals surface area contributed by atoms with Crippen molar-refractivity contribution in [2.45, 2.75) is 43.9 Å². The summed E-state index contributed by atoms with van der Waals surface area (Å²) in [4.78, 5) is 16.2. The summed E-state index contributed by atoms with van der Waals surface area (Å²) in [5.41, 5.74) is 0.255. The van der Waals surface area contributed by atoms with Gasteiger partial charge in [0.1, 0.15) is 6.04 Å². The van der Waals surface area contributed by atoms with Crippen molar-refractivity contribution in [1.82, 2.24) is 5.32 Å². The van der Waals surface area contributed by atoms with Crippen molar-refractivity contribution in [1.29, 1.82) is 0 Å². The molecule has 1 aromatic carbocycles. The van der Waals surface area contributed by atoms with Crippen LogP contribution in [0.25, 0.3) is 0 Å². The molecule has 1 aromatic rings. The molecule has 0 bridgehead atoms. The Morgan fingerprint density at radius 3 is 2.79 bits per heavy atom. The fourth-order valence-corrected chi connectivity index (χ4v) is 2.64. The predicted molar refractivity (Wildman–Crippen MR) is 71.9 cm³/mol. The topological polar surface area (TPSA) is 41.5 Å². The molecule has 0 aromatic heterocycles. The highest BCUT2D eigenvalue weighted by Gasteiger charge is 2.57. The smallest absolute Gasteiger partial charge is 0.245 e. The SMILES string of the molecule is CC1=NC(C(=O)NC2CC2(F)c2ccccc2)CC1. The van der Waals surface area contributed by atoms with E-state index in [4.69, 9.17) is 0 Å². The first-order chi connectivity index (χ1) is 9.09. The largest absolute Gasteiger partial charge is 0.348 e. The van der Waals surface area contributed by atoms with Gasteiger partial charge < -0.3 is 5.32 Å². The summed E-state index contributed by atoms with van der Waals surface area (Å²) < 4.78 is 14.6. The third-order valence-corrected chi connectivity index (χ3v) is 3.92. The van der Waals surface area contributed by atoms with E-state index in [1.165, 1.54) is 0 Å². The maximum absolute atomic E-state index is 14.6. The standard InChI is InChI=1S/C15H17FN2O/c1-10-7-8-12(17-10)14(19)18-13-9-15(13,16)11-5-3-2-4-6-11/h2-6,12-13H,7-9H2,1H3,(H,18,19). The van der Waals surface area contributed by atoms with E-state index < -0.39 is 11.7 Å². The van der Waals surface area contributed by atoms with Gasteiger partial charge >= 0.3 is 0 Å². The molecule has 1 amide bonds. The normalized spacial score (nSPS) is 32.8. The zero-order valence-corrected chi connectivity index (χ0v) is 10.9. The second-order valence-corrected chi connectivity index (χ2v) is 5.41. The minimum atomic E-state index is -1.39. The first-order valence-corrected chi connectivity index (χ1v) is 6.68. The van der Waals surface area contributed by atoms with E-state index in [2.05, 4.69) is 10.3 Å². The molecule has 4 heteroatoms. The predicted octanol–water partition coefficient (Wildman–Crippen LogP) is 2.36. The molecule has 1 N–H and O–H groups in total. The van der Waals surface area contributed by atoms with Gasteiger partial charge in [0, 0.05) is 12.1 Å². The van der Waals surface area contributed by atoms with E-state index in [9.17, 15) is 9.18 Å². The quantitative estimate of drug-likeness (QED) is 0.890. The Balaban J connectivity index is 1.63. The maximum Gasteiger partial charge on any atom is 0.245 e. The van der Waals surface area contributed by atoms with Crippen LogP contribution in [0.3, 0.4) is 0 Å². The van der Waals surface area contributed by atoms with Gasteiger partial charge in [-0.2, -0.15) is 0 Å². The van der Waals surface area contributed by atoms with Crippen molar-refractivity contribution in [2.24, 2.45) is 4.99 Å². The fourth-order valence-electron chi connectivity index (χ4n) is 2.64. The molecular formula is C15H17FN2O. The second-order valence-electron chi connectivity index (χ2n) is 5.41. The van der Waals surface area contributed by atoms with Crippen LogP contribution in [0.1, 0.15) is 31.7 Å². The Hall–Kier alpha value is -1.71. The fraction of sp³-hybridized carbons (Fsp3) is 0.467. The van der Waals surface area contributed by atoms with Crippen LogP contribution >= 0.6 is 0 Å². The molecule has 3 unspecified atom stereocenters. The third kappa shape index (κ3) is 2.27. The monoisotopic (exact) mass is 260 g/mol. The average Bonchev–Trinajstić information content (AvgIpc) is 2.85. The number of nitrogens with one attached hydrogen (secondary N) is 1. The maximum atomic E-state index is 14.6. The summed E-state index contributed by atoms with van der Waals surface area (Å²) in [6, 6.07) is 8.31. The lowest BCUT2D eigenvalue weighted by Crippen LogP contribution is -2.36. The average molecular weight is 260 g/mol. The molecule has 1 saturated carbocycles. The van der Waals surface area contributed by atoms with Gasteiger partial charge in [-0.3, -0.25) is 9.79 Å². The van der Waals surface area contributed by atoms with E-state index in [0.717, 1.165) is 18.6 Å². The number of benzene rings is 1. The minimum Gasteiger partial charge on any atom is -0.348 e. The van der Waals surface area contributed by atoms with E-state index in [1.54, 1.807) is 12.1 Å².